The summed E-state index contributed by atoms with van der Waals surface area (Å²) in [6.45, 7) is 2.86. The fourth-order valence-corrected chi connectivity index (χ4v) is 3.77. The highest BCUT2D eigenvalue weighted by Gasteiger charge is 2.18. The zero-order chi connectivity index (χ0) is 22.1. The van der Waals surface area contributed by atoms with Crippen LogP contribution < -0.4 is 15.4 Å². The molecule has 3 rings (SSSR count). The Labute approximate surface area is 185 Å². The fraction of sp³-hybridized carbons (Fsp3) is 0.273. The second-order valence-electron chi connectivity index (χ2n) is 6.59. The summed E-state index contributed by atoms with van der Waals surface area (Å²) in [7, 11) is 1.62. The first kappa shape index (κ1) is 22.4. The minimum Gasteiger partial charge on any atom is -0.496 e. The molecule has 3 amide bonds. The van der Waals surface area contributed by atoms with Gasteiger partial charge in [-0.1, -0.05) is 54.2 Å². The third kappa shape index (κ3) is 6.08. The first-order valence-electron chi connectivity index (χ1n) is 9.93. The van der Waals surface area contributed by atoms with Crippen LogP contribution in [0.4, 0.5) is 4.79 Å². The number of thioether (sulfide) groups is 1. The summed E-state index contributed by atoms with van der Waals surface area (Å²) in [5.41, 5.74) is 2.01. The lowest BCUT2D eigenvalue weighted by atomic mass is 10.1. The molecule has 31 heavy (non-hydrogen) atoms. The number of aromatic nitrogens is 3. The van der Waals surface area contributed by atoms with E-state index in [-0.39, 0.29) is 5.75 Å². The number of aryl methyl sites for hydroxylation is 1. The number of ether oxygens (including phenoxy) is 1. The largest absolute Gasteiger partial charge is 0.496 e. The van der Waals surface area contributed by atoms with E-state index in [0.29, 0.717) is 29.8 Å². The quantitative estimate of drug-likeness (QED) is 0.497. The molecule has 0 saturated carbocycles. The highest BCUT2D eigenvalue weighted by molar-refractivity contribution is 7.99. The normalized spacial score (nSPS) is 10.5. The van der Waals surface area contributed by atoms with E-state index in [9.17, 15) is 9.59 Å². The molecule has 1 aromatic heterocycles. The Morgan fingerprint density at radius 3 is 2.55 bits per heavy atom. The van der Waals surface area contributed by atoms with Gasteiger partial charge < -0.3 is 14.6 Å². The minimum atomic E-state index is -0.506. The molecule has 1 heterocycles. The van der Waals surface area contributed by atoms with Crippen LogP contribution in [0.2, 0.25) is 0 Å². The second-order valence-corrected chi connectivity index (χ2v) is 7.53. The summed E-state index contributed by atoms with van der Waals surface area (Å²) < 4.78 is 7.48. The summed E-state index contributed by atoms with van der Waals surface area (Å²) >= 11 is 1.24. The first-order chi connectivity index (χ1) is 15.1. The van der Waals surface area contributed by atoms with Gasteiger partial charge in [0.05, 0.1) is 18.4 Å². The van der Waals surface area contributed by atoms with E-state index in [2.05, 4.69) is 33.0 Å². The summed E-state index contributed by atoms with van der Waals surface area (Å²) in [6, 6.07) is 17.2. The van der Waals surface area contributed by atoms with Crippen molar-refractivity contribution in [2.45, 2.75) is 25.0 Å². The van der Waals surface area contributed by atoms with E-state index in [0.717, 1.165) is 12.0 Å². The third-order valence-corrected chi connectivity index (χ3v) is 5.42. The topological polar surface area (TPSA) is 98.1 Å². The smallest absolute Gasteiger partial charge is 0.321 e. The number of imide groups is 1. The maximum atomic E-state index is 12.1. The molecule has 0 radical (unpaired) electrons. The predicted molar refractivity (Wildman–Crippen MR) is 120 cm³/mol. The molecule has 0 spiro atoms. The maximum Gasteiger partial charge on any atom is 0.321 e. The van der Waals surface area contributed by atoms with Crippen LogP contribution in [0.25, 0.3) is 11.4 Å². The molecular weight excluding hydrogens is 414 g/mol. The number of urea groups is 1. The van der Waals surface area contributed by atoms with Crippen LogP contribution in [0, 0.1) is 0 Å². The Morgan fingerprint density at radius 2 is 1.81 bits per heavy atom. The van der Waals surface area contributed by atoms with E-state index in [1.54, 1.807) is 14.0 Å². The van der Waals surface area contributed by atoms with Crippen LogP contribution in [0.3, 0.4) is 0 Å². The molecule has 2 aromatic carbocycles. The van der Waals surface area contributed by atoms with Crippen molar-refractivity contribution in [2.75, 3.05) is 19.4 Å². The summed E-state index contributed by atoms with van der Waals surface area (Å²) in [4.78, 5) is 23.7. The first-order valence-corrected chi connectivity index (χ1v) is 10.9. The van der Waals surface area contributed by atoms with Gasteiger partial charge in [-0.15, -0.1) is 10.2 Å². The Balaban J connectivity index is 1.82. The molecule has 0 saturated heterocycles. The van der Waals surface area contributed by atoms with Crippen LogP contribution in [0.1, 0.15) is 12.5 Å². The molecule has 0 atom stereocenters. The molecule has 2 N–H and O–H groups in total. The molecule has 0 fully saturated rings. The van der Waals surface area contributed by atoms with Crippen molar-refractivity contribution in [3.05, 3.63) is 60.2 Å². The molecule has 8 nitrogen and oxygen atoms in total. The maximum absolute atomic E-state index is 12.1. The van der Waals surface area contributed by atoms with Crippen molar-refractivity contribution in [3.63, 3.8) is 0 Å². The van der Waals surface area contributed by atoms with Gasteiger partial charge in [0, 0.05) is 13.1 Å². The number of nitrogens with one attached hydrogen (secondary N) is 2. The Hall–Kier alpha value is -3.33. The van der Waals surface area contributed by atoms with Gasteiger partial charge in [-0.05, 0) is 31.0 Å². The number of benzene rings is 2. The van der Waals surface area contributed by atoms with Gasteiger partial charge in [0.2, 0.25) is 5.91 Å². The molecule has 0 aliphatic heterocycles. The van der Waals surface area contributed by atoms with Gasteiger partial charge in [0.1, 0.15) is 5.75 Å². The van der Waals surface area contributed by atoms with Gasteiger partial charge in [0.25, 0.3) is 0 Å². The number of methoxy groups -OCH3 is 1. The minimum absolute atomic E-state index is 0.0481. The molecule has 3 aromatic rings. The number of rotatable bonds is 9. The Kier molecular flexibility index (Phi) is 8.05. The standard InChI is InChI=1S/C22H25N5O3S/c1-3-23-21(29)24-19(28)15-31-22-26-25-20(17-11-7-8-12-18(17)30-2)27(22)14-13-16-9-5-4-6-10-16/h4-12H,3,13-15H2,1-2H3,(H2,23,24,28,29). The number of para-hydroxylation sites is 1. The predicted octanol–water partition coefficient (Wildman–Crippen LogP) is 3.13. The van der Waals surface area contributed by atoms with Crippen molar-refractivity contribution in [2.24, 2.45) is 0 Å². The molecular formula is C22H25N5O3S. The zero-order valence-electron chi connectivity index (χ0n) is 17.5. The molecule has 0 aliphatic carbocycles. The Morgan fingerprint density at radius 1 is 1.06 bits per heavy atom. The summed E-state index contributed by atoms with van der Waals surface area (Å²) in [6.07, 6.45) is 0.777. The van der Waals surface area contributed by atoms with Crippen LogP contribution in [-0.4, -0.2) is 46.1 Å². The van der Waals surface area contributed by atoms with E-state index < -0.39 is 11.9 Å². The van der Waals surface area contributed by atoms with Gasteiger partial charge in [-0.25, -0.2) is 4.79 Å². The fourth-order valence-electron chi connectivity index (χ4n) is 3.01. The molecule has 162 valence electrons. The van der Waals surface area contributed by atoms with E-state index >= 15 is 0 Å². The number of carbonyl (C=O) groups excluding carboxylic acids is 2. The lowest BCUT2D eigenvalue weighted by molar-refractivity contribution is -0.117. The van der Waals surface area contributed by atoms with Gasteiger partial charge in [-0.2, -0.15) is 0 Å². The van der Waals surface area contributed by atoms with E-state index in [1.807, 2.05) is 47.0 Å². The summed E-state index contributed by atoms with van der Waals surface area (Å²) in [5.74, 6) is 1.01. The number of carbonyl (C=O) groups is 2. The van der Waals surface area contributed by atoms with E-state index in [4.69, 9.17) is 4.74 Å². The average molecular weight is 440 g/mol. The second kappa shape index (κ2) is 11.2. The highest BCUT2D eigenvalue weighted by Crippen LogP contribution is 2.31. The van der Waals surface area contributed by atoms with Crippen LogP contribution >= 0.6 is 11.8 Å². The van der Waals surface area contributed by atoms with Gasteiger partial charge in [-0.3, -0.25) is 10.1 Å². The SMILES string of the molecule is CCNC(=O)NC(=O)CSc1nnc(-c2ccccc2OC)n1CCc1ccccc1. The van der Waals surface area contributed by atoms with Crippen molar-refractivity contribution in [1.82, 2.24) is 25.4 Å². The van der Waals surface area contributed by atoms with Crippen molar-refractivity contribution in [3.8, 4) is 17.1 Å². The van der Waals surface area contributed by atoms with Crippen LogP contribution in [0.5, 0.6) is 5.75 Å². The van der Waals surface area contributed by atoms with Crippen LogP contribution in [-0.2, 0) is 17.8 Å². The summed E-state index contributed by atoms with van der Waals surface area (Å²) in [5, 5.41) is 14.1. The monoisotopic (exact) mass is 439 g/mol. The lowest BCUT2D eigenvalue weighted by Gasteiger charge is -2.12. The molecule has 0 aliphatic rings. The lowest BCUT2D eigenvalue weighted by Crippen LogP contribution is -2.40. The molecule has 0 bridgehead atoms. The number of hydrogen-bond acceptors (Lipinski definition) is 6. The van der Waals surface area contributed by atoms with E-state index in [1.165, 1.54) is 17.3 Å². The molecule has 0 unspecified atom stereocenters. The van der Waals surface area contributed by atoms with Crippen LogP contribution in [0.15, 0.2) is 59.8 Å². The highest BCUT2D eigenvalue weighted by atomic mass is 32.2. The number of hydrogen-bond donors (Lipinski definition) is 2. The number of amides is 3. The third-order valence-electron chi connectivity index (χ3n) is 4.45. The van der Waals surface area contributed by atoms with Crippen molar-refractivity contribution < 1.29 is 14.3 Å². The Bertz CT molecular complexity index is 1020. The molecule has 9 heteroatoms. The zero-order valence-corrected chi connectivity index (χ0v) is 18.3. The van der Waals surface area contributed by atoms with Gasteiger partial charge in [0.15, 0.2) is 11.0 Å². The van der Waals surface area contributed by atoms with Gasteiger partial charge >= 0.3 is 6.03 Å². The average Bonchev–Trinajstić information content (AvgIpc) is 3.19. The van der Waals surface area contributed by atoms with Crippen molar-refractivity contribution >= 4 is 23.7 Å². The number of nitrogens with zero attached hydrogens (tertiary/aromatic N) is 3. The van der Waals surface area contributed by atoms with Crippen molar-refractivity contribution in [1.29, 1.82) is 0 Å².